The van der Waals surface area contributed by atoms with E-state index in [1.807, 2.05) is 51.1 Å². The maximum atomic E-state index is 13.9. The zero-order chi connectivity index (χ0) is 28.4. The molecular formula is C30H36FN3O4S. The van der Waals surface area contributed by atoms with Gasteiger partial charge in [0.25, 0.3) is 10.0 Å². The summed E-state index contributed by atoms with van der Waals surface area (Å²) in [4.78, 5) is 28.6. The van der Waals surface area contributed by atoms with Crippen LogP contribution in [0.5, 0.6) is 0 Å². The number of halogens is 1. The van der Waals surface area contributed by atoms with Crippen molar-refractivity contribution in [2.45, 2.75) is 57.0 Å². The molecule has 3 aromatic carbocycles. The number of nitrogens with zero attached hydrogens (tertiary/aromatic N) is 2. The predicted octanol–water partition coefficient (Wildman–Crippen LogP) is 4.79. The molecule has 0 saturated carbocycles. The number of sulfonamides is 1. The molecule has 9 heteroatoms. The van der Waals surface area contributed by atoms with Gasteiger partial charge in [0, 0.05) is 12.6 Å². The van der Waals surface area contributed by atoms with Gasteiger partial charge in [0.15, 0.2) is 0 Å². The summed E-state index contributed by atoms with van der Waals surface area (Å²) in [6, 6.07) is 21.4. The van der Waals surface area contributed by atoms with Crippen LogP contribution < -0.4 is 9.62 Å². The molecule has 0 unspecified atom stereocenters. The third-order valence-corrected chi connectivity index (χ3v) is 8.38. The summed E-state index contributed by atoms with van der Waals surface area (Å²) in [6.45, 7) is 5.34. The zero-order valence-electron chi connectivity index (χ0n) is 22.6. The second kappa shape index (κ2) is 13.9. The van der Waals surface area contributed by atoms with E-state index < -0.39 is 34.3 Å². The minimum absolute atomic E-state index is 0.000448. The van der Waals surface area contributed by atoms with Crippen molar-refractivity contribution < 1.29 is 22.4 Å². The van der Waals surface area contributed by atoms with Gasteiger partial charge < -0.3 is 10.2 Å². The Balaban J connectivity index is 1.99. The fourth-order valence-corrected chi connectivity index (χ4v) is 5.63. The average Bonchev–Trinajstić information content (AvgIpc) is 2.95. The van der Waals surface area contributed by atoms with Crippen molar-refractivity contribution in [1.82, 2.24) is 10.2 Å². The van der Waals surface area contributed by atoms with Gasteiger partial charge in [-0.05, 0) is 68.1 Å². The molecule has 0 fully saturated rings. The monoisotopic (exact) mass is 553 g/mol. The summed E-state index contributed by atoms with van der Waals surface area (Å²) in [5.41, 5.74) is 1.13. The van der Waals surface area contributed by atoms with Crippen LogP contribution in [-0.4, -0.2) is 50.3 Å². The van der Waals surface area contributed by atoms with Crippen LogP contribution in [0.4, 0.5) is 10.1 Å². The lowest BCUT2D eigenvalue weighted by molar-refractivity contribution is -0.139. The Labute approximate surface area is 230 Å². The lowest BCUT2D eigenvalue weighted by Crippen LogP contribution is -2.54. The van der Waals surface area contributed by atoms with E-state index in [4.69, 9.17) is 0 Å². The van der Waals surface area contributed by atoms with Crippen LogP contribution in [0.15, 0.2) is 89.8 Å². The second-order valence-electron chi connectivity index (χ2n) is 9.37. The molecule has 0 radical (unpaired) electrons. The smallest absolute Gasteiger partial charge is 0.264 e. The van der Waals surface area contributed by atoms with Gasteiger partial charge in [0.05, 0.1) is 10.6 Å². The summed E-state index contributed by atoms with van der Waals surface area (Å²) < 4.78 is 42.1. The first kappa shape index (κ1) is 29.8. The highest BCUT2D eigenvalue weighted by Crippen LogP contribution is 2.24. The number of benzene rings is 3. The third-order valence-electron chi connectivity index (χ3n) is 6.60. The molecule has 208 valence electrons. The Morgan fingerprint density at radius 3 is 2.03 bits per heavy atom. The summed E-state index contributed by atoms with van der Waals surface area (Å²) >= 11 is 0. The molecular weight excluding hydrogens is 517 g/mol. The normalized spacial score (nSPS) is 12.8. The number of nitrogens with one attached hydrogen (secondary N) is 1. The molecule has 3 rings (SSSR count). The maximum absolute atomic E-state index is 13.9. The fraction of sp³-hybridized carbons (Fsp3) is 0.333. The molecule has 7 nitrogen and oxygen atoms in total. The van der Waals surface area contributed by atoms with Crippen LogP contribution in [0, 0.1) is 5.82 Å². The standard InChI is InChI=1S/C30H36FN3O4S/c1-4-23(3)32-30(36)28(5-2)33(21-20-24-12-8-6-9-13-24)29(35)22-34(26-18-16-25(31)17-19-26)39(37,38)27-14-10-7-11-15-27/h6-19,23,28H,4-5,20-22H2,1-3H3,(H,32,36)/t23-,28-/m0/s1. The molecule has 0 spiro atoms. The largest absolute Gasteiger partial charge is 0.352 e. The van der Waals surface area contributed by atoms with E-state index in [0.717, 1.165) is 28.4 Å². The Bertz CT molecular complexity index is 1320. The summed E-state index contributed by atoms with van der Waals surface area (Å²) in [5, 5.41) is 2.96. The number of carbonyl (C=O) groups excluding carboxylic acids is 2. The second-order valence-corrected chi connectivity index (χ2v) is 11.2. The summed E-state index contributed by atoms with van der Waals surface area (Å²) in [7, 11) is -4.18. The highest BCUT2D eigenvalue weighted by molar-refractivity contribution is 7.92. The minimum Gasteiger partial charge on any atom is -0.352 e. The number of carbonyl (C=O) groups is 2. The van der Waals surface area contributed by atoms with Crippen molar-refractivity contribution in [3.8, 4) is 0 Å². The van der Waals surface area contributed by atoms with Gasteiger partial charge in [-0.2, -0.15) is 0 Å². The lowest BCUT2D eigenvalue weighted by atomic mass is 10.1. The fourth-order valence-electron chi connectivity index (χ4n) is 4.19. The van der Waals surface area contributed by atoms with Gasteiger partial charge in [-0.1, -0.05) is 62.4 Å². The molecule has 0 saturated heterocycles. The first-order valence-electron chi connectivity index (χ1n) is 13.1. The molecule has 2 amide bonds. The Morgan fingerprint density at radius 1 is 0.872 bits per heavy atom. The minimum atomic E-state index is -4.18. The maximum Gasteiger partial charge on any atom is 0.264 e. The molecule has 0 heterocycles. The van der Waals surface area contributed by atoms with Crippen molar-refractivity contribution in [2.24, 2.45) is 0 Å². The molecule has 0 bridgehead atoms. The number of anilines is 1. The number of amides is 2. The van der Waals surface area contributed by atoms with Crippen LogP contribution in [0.25, 0.3) is 0 Å². The summed E-state index contributed by atoms with van der Waals surface area (Å²) in [6.07, 6.45) is 1.57. The lowest BCUT2D eigenvalue weighted by Gasteiger charge is -2.33. The Kier molecular flexibility index (Phi) is 10.6. The van der Waals surface area contributed by atoms with E-state index in [9.17, 15) is 22.4 Å². The van der Waals surface area contributed by atoms with Crippen LogP contribution in [0.3, 0.4) is 0 Å². The van der Waals surface area contributed by atoms with E-state index >= 15 is 0 Å². The number of hydrogen-bond donors (Lipinski definition) is 1. The van der Waals surface area contributed by atoms with Crippen LogP contribution in [0.1, 0.15) is 39.2 Å². The van der Waals surface area contributed by atoms with E-state index in [1.165, 1.54) is 29.2 Å². The van der Waals surface area contributed by atoms with E-state index in [2.05, 4.69) is 5.32 Å². The average molecular weight is 554 g/mol. The molecule has 39 heavy (non-hydrogen) atoms. The third kappa shape index (κ3) is 7.89. The Hall–Kier alpha value is -3.72. The Morgan fingerprint density at radius 2 is 1.46 bits per heavy atom. The van der Waals surface area contributed by atoms with Gasteiger partial charge in [0.1, 0.15) is 18.4 Å². The number of hydrogen-bond acceptors (Lipinski definition) is 4. The zero-order valence-corrected chi connectivity index (χ0v) is 23.4. The summed E-state index contributed by atoms with van der Waals surface area (Å²) in [5.74, 6) is -1.34. The molecule has 0 aliphatic carbocycles. The van der Waals surface area contributed by atoms with Gasteiger partial charge >= 0.3 is 0 Å². The topological polar surface area (TPSA) is 86.8 Å². The van der Waals surface area contributed by atoms with Crippen LogP contribution >= 0.6 is 0 Å². The van der Waals surface area contributed by atoms with Crippen molar-refractivity contribution in [2.75, 3.05) is 17.4 Å². The van der Waals surface area contributed by atoms with Crippen molar-refractivity contribution in [3.05, 3.63) is 96.3 Å². The molecule has 3 aromatic rings. The van der Waals surface area contributed by atoms with Crippen LogP contribution in [0.2, 0.25) is 0 Å². The molecule has 0 aliphatic heterocycles. The van der Waals surface area contributed by atoms with Gasteiger partial charge in [-0.25, -0.2) is 12.8 Å². The highest BCUT2D eigenvalue weighted by Gasteiger charge is 2.33. The predicted molar refractivity (Wildman–Crippen MR) is 151 cm³/mol. The first-order valence-corrected chi connectivity index (χ1v) is 14.6. The highest BCUT2D eigenvalue weighted by atomic mass is 32.2. The van der Waals surface area contributed by atoms with Crippen molar-refractivity contribution in [1.29, 1.82) is 0 Å². The quantitative estimate of drug-likeness (QED) is 0.330. The number of rotatable bonds is 13. The molecule has 2 atom stereocenters. The van der Waals surface area contributed by atoms with Gasteiger partial charge in [-0.3, -0.25) is 13.9 Å². The SMILES string of the molecule is CC[C@H](C)NC(=O)[C@H](CC)N(CCc1ccccc1)C(=O)CN(c1ccc(F)cc1)S(=O)(=O)c1ccccc1. The molecule has 0 aliphatic rings. The van der Waals surface area contributed by atoms with E-state index in [-0.39, 0.29) is 29.1 Å². The van der Waals surface area contributed by atoms with Gasteiger partial charge in [-0.15, -0.1) is 0 Å². The molecule has 1 N–H and O–H groups in total. The molecule has 0 aromatic heterocycles. The van der Waals surface area contributed by atoms with E-state index in [0.29, 0.717) is 12.8 Å². The van der Waals surface area contributed by atoms with E-state index in [1.54, 1.807) is 18.2 Å². The van der Waals surface area contributed by atoms with Crippen molar-refractivity contribution >= 4 is 27.5 Å². The van der Waals surface area contributed by atoms with Crippen molar-refractivity contribution in [3.63, 3.8) is 0 Å². The van der Waals surface area contributed by atoms with Gasteiger partial charge in [0.2, 0.25) is 11.8 Å². The van der Waals surface area contributed by atoms with Crippen LogP contribution in [-0.2, 0) is 26.0 Å². The first-order chi connectivity index (χ1) is 18.7.